The van der Waals surface area contributed by atoms with E-state index in [1.807, 2.05) is 20.8 Å². The standard InChI is InChI=1S/C10H12BrNO3.CH4O/c1-10(2,3)6-4-7(11)9(13)5-8(6)12(14)15;1-2/h4-5,13H,1-3H3;2H,1H3. The summed E-state index contributed by atoms with van der Waals surface area (Å²) in [5.41, 5.74) is 0.207. The molecular weight excluding hydrogens is 290 g/mol. The molecule has 0 aliphatic rings. The van der Waals surface area contributed by atoms with Crippen LogP contribution in [-0.4, -0.2) is 22.2 Å². The molecule has 2 N–H and O–H groups in total. The average Bonchev–Trinajstić information content (AvgIpc) is 2.22. The number of phenolic OH excluding ortho intramolecular Hbond substituents is 1. The molecule has 5 nitrogen and oxygen atoms in total. The SMILES string of the molecule is CC(C)(C)c1cc(Br)c(O)cc1[N+](=O)[O-].CO. The lowest BCUT2D eigenvalue weighted by Gasteiger charge is -2.19. The number of aromatic hydroxyl groups is 1. The molecule has 0 radical (unpaired) electrons. The Bertz CT molecular complexity index is 413. The number of nitro benzene ring substituents is 1. The first-order valence-electron chi connectivity index (χ1n) is 4.85. The molecule has 1 aromatic carbocycles. The second-order valence-corrected chi connectivity index (χ2v) is 5.18. The van der Waals surface area contributed by atoms with E-state index in [1.54, 1.807) is 6.07 Å². The third-order valence-electron chi connectivity index (χ3n) is 2.07. The average molecular weight is 306 g/mol. The van der Waals surface area contributed by atoms with Crippen LogP contribution >= 0.6 is 15.9 Å². The van der Waals surface area contributed by atoms with Gasteiger partial charge < -0.3 is 10.2 Å². The van der Waals surface area contributed by atoms with Crippen molar-refractivity contribution in [2.24, 2.45) is 0 Å². The van der Waals surface area contributed by atoms with Crippen LogP contribution in [0.5, 0.6) is 5.75 Å². The molecule has 1 aromatic rings. The summed E-state index contributed by atoms with van der Waals surface area (Å²) in [6.45, 7) is 5.66. The molecule has 0 atom stereocenters. The molecule has 0 amide bonds. The Labute approximate surface area is 108 Å². The van der Waals surface area contributed by atoms with Gasteiger partial charge in [0.1, 0.15) is 5.75 Å². The second-order valence-electron chi connectivity index (χ2n) is 4.33. The Hall–Kier alpha value is -1.14. The molecule has 0 saturated heterocycles. The zero-order valence-corrected chi connectivity index (χ0v) is 11.8. The van der Waals surface area contributed by atoms with Crippen LogP contribution in [0.15, 0.2) is 16.6 Å². The van der Waals surface area contributed by atoms with E-state index in [0.29, 0.717) is 10.0 Å². The molecule has 0 spiro atoms. The van der Waals surface area contributed by atoms with Crippen molar-refractivity contribution in [1.29, 1.82) is 0 Å². The summed E-state index contributed by atoms with van der Waals surface area (Å²) < 4.78 is 0.470. The highest BCUT2D eigenvalue weighted by molar-refractivity contribution is 9.10. The Morgan fingerprint density at radius 1 is 1.29 bits per heavy atom. The third kappa shape index (κ3) is 3.98. The summed E-state index contributed by atoms with van der Waals surface area (Å²) in [7, 11) is 1.00. The van der Waals surface area contributed by atoms with Gasteiger partial charge >= 0.3 is 0 Å². The molecule has 1 rings (SSSR count). The smallest absolute Gasteiger partial charge is 0.276 e. The number of aliphatic hydroxyl groups is 1. The lowest BCUT2D eigenvalue weighted by Crippen LogP contribution is -2.13. The summed E-state index contributed by atoms with van der Waals surface area (Å²) in [6, 6.07) is 2.76. The number of nitrogens with zero attached hydrogens (tertiary/aromatic N) is 1. The lowest BCUT2D eigenvalue weighted by atomic mass is 9.86. The minimum atomic E-state index is -0.479. The number of nitro groups is 1. The zero-order chi connectivity index (χ0) is 13.8. The molecule has 0 saturated carbocycles. The number of hydrogen-bond donors (Lipinski definition) is 2. The van der Waals surface area contributed by atoms with Gasteiger partial charge in [-0.1, -0.05) is 20.8 Å². The van der Waals surface area contributed by atoms with Crippen LogP contribution < -0.4 is 0 Å². The molecule has 0 unspecified atom stereocenters. The first-order valence-corrected chi connectivity index (χ1v) is 5.65. The first kappa shape index (κ1) is 15.9. The van der Waals surface area contributed by atoms with E-state index in [2.05, 4.69) is 15.9 Å². The molecule has 96 valence electrons. The van der Waals surface area contributed by atoms with E-state index in [0.717, 1.165) is 7.11 Å². The molecule has 17 heavy (non-hydrogen) atoms. The predicted molar refractivity (Wildman–Crippen MR) is 69.3 cm³/mol. The third-order valence-corrected chi connectivity index (χ3v) is 2.71. The van der Waals surface area contributed by atoms with Gasteiger partial charge in [0.05, 0.1) is 15.5 Å². The first-order chi connectivity index (χ1) is 7.73. The highest BCUT2D eigenvalue weighted by Gasteiger charge is 2.26. The van der Waals surface area contributed by atoms with Crippen molar-refractivity contribution in [3.8, 4) is 5.75 Å². The minimum absolute atomic E-state index is 0.0526. The van der Waals surface area contributed by atoms with Crippen LogP contribution in [-0.2, 0) is 5.41 Å². The highest BCUT2D eigenvalue weighted by Crippen LogP contribution is 2.37. The monoisotopic (exact) mass is 305 g/mol. The normalized spacial score (nSPS) is 10.5. The van der Waals surface area contributed by atoms with Gasteiger partial charge in [-0.2, -0.15) is 0 Å². The Morgan fingerprint density at radius 2 is 1.76 bits per heavy atom. The number of benzene rings is 1. The van der Waals surface area contributed by atoms with Gasteiger partial charge in [0.2, 0.25) is 0 Å². The van der Waals surface area contributed by atoms with Gasteiger partial charge in [-0.05, 0) is 27.4 Å². The van der Waals surface area contributed by atoms with Gasteiger partial charge in [0.15, 0.2) is 0 Å². The number of halogens is 1. The fraction of sp³-hybridized carbons (Fsp3) is 0.455. The van der Waals surface area contributed by atoms with E-state index < -0.39 is 4.92 Å². The summed E-state index contributed by atoms with van der Waals surface area (Å²) in [6.07, 6.45) is 0. The van der Waals surface area contributed by atoms with Crippen LogP contribution in [0.25, 0.3) is 0 Å². The maximum absolute atomic E-state index is 10.8. The Balaban J connectivity index is 0.00000121. The van der Waals surface area contributed by atoms with Gasteiger partial charge in [-0.15, -0.1) is 0 Å². The van der Waals surface area contributed by atoms with Crippen molar-refractivity contribution in [2.75, 3.05) is 7.11 Å². The second kappa shape index (κ2) is 5.97. The van der Waals surface area contributed by atoms with Gasteiger partial charge in [-0.25, -0.2) is 0 Å². The van der Waals surface area contributed by atoms with Crippen LogP contribution in [0.3, 0.4) is 0 Å². The molecule has 0 aromatic heterocycles. The van der Waals surface area contributed by atoms with Crippen LogP contribution in [0, 0.1) is 10.1 Å². The van der Waals surface area contributed by atoms with Crippen molar-refractivity contribution in [3.05, 3.63) is 32.3 Å². The van der Waals surface area contributed by atoms with E-state index in [-0.39, 0.29) is 16.9 Å². The van der Waals surface area contributed by atoms with Crippen LogP contribution in [0.2, 0.25) is 0 Å². The molecule has 0 fully saturated rings. The summed E-state index contributed by atoms with van der Waals surface area (Å²) in [5, 5.41) is 27.2. The highest BCUT2D eigenvalue weighted by atomic mass is 79.9. The molecule has 6 heteroatoms. The van der Waals surface area contributed by atoms with E-state index in [4.69, 9.17) is 5.11 Å². The van der Waals surface area contributed by atoms with Gasteiger partial charge in [0, 0.05) is 12.7 Å². The van der Waals surface area contributed by atoms with Gasteiger partial charge in [0.25, 0.3) is 5.69 Å². The quantitative estimate of drug-likeness (QED) is 0.617. The summed E-state index contributed by atoms with van der Waals surface area (Å²) in [4.78, 5) is 10.3. The van der Waals surface area contributed by atoms with Crippen molar-refractivity contribution < 1.29 is 15.1 Å². The maximum Gasteiger partial charge on any atom is 0.276 e. The molecule has 0 aliphatic carbocycles. The summed E-state index contributed by atoms with van der Waals surface area (Å²) in [5.74, 6) is -0.116. The summed E-state index contributed by atoms with van der Waals surface area (Å²) >= 11 is 3.15. The topological polar surface area (TPSA) is 83.6 Å². The number of hydrogen-bond acceptors (Lipinski definition) is 4. The molecular formula is C11H16BrNO4. The number of phenols is 1. The van der Waals surface area contributed by atoms with E-state index in [1.165, 1.54) is 6.07 Å². The van der Waals surface area contributed by atoms with Crippen molar-refractivity contribution in [1.82, 2.24) is 0 Å². The van der Waals surface area contributed by atoms with E-state index in [9.17, 15) is 15.2 Å². The largest absolute Gasteiger partial charge is 0.507 e. The van der Waals surface area contributed by atoms with E-state index >= 15 is 0 Å². The maximum atomic E-state index is 10.8. The Kier molecular flexibility index (Phi) is 5.57. The van der Waals surface area contributed by atoms with Crippen LogP contribution in [0.1, 0.15) is 26.3 Å². The molecule has 0 aliphatic heterocycles. The number of rotatable bonds is 1. The number of aliphatic hydroxyl groups excluding tert-OH is 1. The molecule has 0 bridgehead atoms. The fourth-order valence-electron chi connectivity index (χ4n) is 1.30. The van der Waals surface area contributed by atoms with Crippen LogP contribution in [0.4, 0.5) is 5.69 Å². The fourth-order valence-corrected chi connectivity index (χ4v) is 1.65. The predicted octanol–water partition coefficient (Wildman–Crippen LogP) is 2.97. The van der Waals surface area contributed by atoms with Gasteiger partial charge in [-0.3, -0.25) is 10.1 Å². The lowest BCUT2D eigenvalue weighted by molar-refractivity contribution is -0.386. The van der Waals surface area contributed by atoms with Crippen molar-refractivity contribution in [3.63, 3.8) is 0 Å². The van der Waals surface area contributed by atoms with Crippen molar-refractivity contribution >= 4 is 21.6 Å². The zero-order valence-electron chi connectivity index (χ0n) is 10.2. The molecule has 0 heterocycles. The van der Waals surface area contributed by atoms with Crippen molar-refractivity contribution in [2.45, 2.75) is 26.2 Å². The minimum Gasteiger partial charge on any atom is -0.507 e. The Morgan fingerprint density at radius 3 is 2.12 bits per heavy atom.